The largest absolute Gasteiger partial charge is 0.450 e. The Balaban J connectivity index is 1.76. The van der Waals surface area contributed by atoms with Crippen molar-refractivity contribution in [2.45, 2.75) is 6.92 Å². The van der Waals surface area contributed by atoms with Crippen LogP contribution in [0.4, 0.5) is 10.6 Å². The molecule has 6 heteroatoms. The van der Waals surface area contributed by atoms with Crippen LogP contribution in [-0.4, -0.2) is 48.8 Å². The fraction of sp³-hybridized carbons (Fsp3) is 0.375. The molecule has 1 amide bonds. The van der Waals surface area contributed by atoms with E-state index in [4.69, 9.17) is 4.74 Å². The molecular weight excluding hydrogens is 282 g/mol. The number of ether oxygens (including phenoxy) is 1. The second kappa shape index (κ2) is 6.09. The van der Waals surface area contributed by atoms with Crippen molar-refractivity contribution < 1.29 is 9.53 Å². The van der Waals surface area contributed by atoms with Gasteiger partial charge in [-0.1, -0.05) is 18.2 Å². The van der Waals surface area contributed by atoms with Crippen LogP contribution in [0.2, 0.25) is 0 Å². The molecule has 1 N–H and O–H groups in total. The summed E-state index contributed by atoms with van der Waals surface area (Å²) in [5.41, 5.74) is -0.0825. The van der Waals surface area contributed by atoms with Gasteiger partial charge in [-0.15, -0.1) is 0 Å². The maximum Gasteiger partial charge on any atom is 0.409 e. The molecule has 6 nitrogen and oxygen atoms in total. The molecule has 3 rings (SSSR count). The molecule has 0 bridgehead atoms. The van der Waals surface area contributed by atoms with E-state index in [2.05, 4.69) is 9.88 Å². The van der Waals surface area contributed by atoms with Gasteiger partial charge in [0.1, 0.15) is 5.82 Å². The summed E-state index contributed by atoms with van der Waals surface area (Å²) in [6, 6.07) is 9.51. The number of amides is 1. The molecular formula is C16H19N3O3. The number of benzene rings is 1. The highest BCUT2D eigenvalue weighted by molar-refractivity contribution is 5.83. The highest BCUT2D eigenvalue weighted by Crippen LogP contribution is 2.18. The van der Waals surface area contributed by atoms with Gasteiger partial charge in [0.25, 0.3) is 5.56 Å². The highest BCUT2D eigenvalue weighted by atomic mass is 16.6. The van der Waals surface area contributed by atoms with E-state index in [0.29, 0.717) is 38.2 Å². The van der Waals surface area contributed by atoms with E-state index < -0.39 is 0 Å². The van der Waals surface area contributed by atoms with Crippen molar-refractivity contribution in [3.63, 3.8) is 0 Å². The molecule has 0 unspecified atom stereocenters. The third-order valence-corrected chi connectivity index (χ3v) is 3.89. The first-order chi connectivity index (χ1) is 10.7. The zero-order chi connectivity index (χ0) is 15.5. The van der Waals surface area contributed by atoms with E-state index in [-0.39, 0.29) is 11.7 Å². The van der Waals surface area contributed by atoms with Crippen LogP contribution in [0.3, 0.4) is 0 Å². The number of pyridine rings is 1. The van der Waals surface area contributed by atoms with Crippen molar-refractivity contribution in [2.75, 3.05) is 37.7 Å². The normalized spacial score (nSPS) is 15.1. The number of aromatic nitrogens is 1. The number of carbonyl (C=O) groups excluding carboxylic acids is 1. The summed E-state index contributed by atoms with van der Waals surface area (Å²) >= 11 is 0. The van der Waals surface area contributed by atoms with Crippen LogP contribution < -0.4 is 10.5 Å². The fourth-order valence-corrected chi connectivity index (χ4v) is 2.71. The van der Waals surface area contributed by atoms with Crippen molar-refractivity contribution in [3.8, 4) is 0 Å². The minimum absolute atomic E-state index is 0.0825. The molecule has 0 radical (unpaired) electrons. The van der Waals surface area contributed by atoms with E-state index in [1.54, 1.807) is 11.8 Å². The maximum absolute atomic E-state index is 12.1. The SMILES string of the molecule is CCOC(=O)N1CCN(c2cc3ccccc3c(=O)[nH]2)CC1. The second-order valence-electron chi connectivity index (χ2n) is 5.24. The molecule has 2 heterocycles. The lowest BCUT2D eigenvalue weighted by Gasteiger charge is -2.35. The molecule has 2 aromatic rings. The minimum Gasteiger partial charge on any atom is -0.450 e. The van der Waals surface area contributed by atoms with Crippen molar-refractivity contribution in [1.82, 2.24) is 9.88 Å². The lowest BCUT2D eigenvalue weighted by Crippen LogP contribution is -2.49. The van der Waals surface area contributed by atoms with E-state index in [0.717, 1.165) is 11.2 Å². The lowest BCUT2D eigenvalue weighted by atomic mass is 10.1. The predicted octanol–water partition coefficient (Wildman–Crippen LogP) is 1.81. The number of nitrogens with zero attached hydrogens (tertiary/aromatic N) is 2. The van der Waals surface area contributed by atoms with Crippen molar-refractivity contribution in [3.05, 3.63) is 40.7 Å². The molecule has 1 fully saturated rings. The topological polar surface area (TPSA) is 65.6 Å². The summed E-state index contributed by atoms with van der Waals surface area (Å²) < 4.78 is 5.01. The molecule has 116 valence electrons. The number of anilines is 1. The number of fused-ring (bicyclic) bond motifs is 1. The Bertz CT molecular complexity index is 733. The first-order valence-electron chi connectivity index (χ1n) is 7.47. The van der Waals surface area contributed by atoms with Gasteiger partial charge in [-0.25, -0.2) is 4.79 Å². The quantitative estimate of drug-likeness (QED) is 0.918. The third-order valence-electron chi connectivity index (χ3n) is 3.89. The maximum atomic E-state index is 12.1. The van der Waals surface area contributed by atoms with E-state index in [1.807, 2.05) is 30.3 Å². The average Bonchev–Trinajstić information content (AvgIpc) is 2.55. The lowest BCUT2D eigenvalue weighted by molar-refractivity contribution is 0.105. The van der Waals surface area contributed by atoms with E-state index in [9.17, 15) is 9.59 Å². The number of piperazine rings is 1. The minimum atomic E-state index is -0.269. The van der Waals surface area contributed by atoms with Crippen LogP contribution >= 0.6 is 0 Å². The molecule has 1 aromatic carbocycles. The Morgan fingerprint density at radius 1 is 1.23 bits per heavy atom. The summed E-state index contributed by atoms with van der Waals surface area (Å²) in [7, 11) is 0. The van der Waals surface area contributed by atoms with Gasteiger partial charge in [-0.05, 0) is 24.4 Å². The molecule has 0 aliphatic carbocycles. The number of H-pyrrole nitrogens is 1. The molecule has 1 aliphatic rings. The van der Waals surface area contributed by atoms with Crippen LogP contribution in [0.25, 0.3) is 10.8 Å². The van der Waals surface area contributed by atoms with Gasteiger partial charge in [0, 0.05) is 31.6 Å². The number of nitrogens with one attached hydrogen (secondary N) is 1. The van der Waals surface area contributed by atoms with Crippen LogP contribution in [0.5, 0.6) is 0 Å². The summed E-state index contributed by atoms with van der Waals surface area (Å²) in [6.07, 6.45) is -0.269. The first-order valence-corrected chi connectivity index (χ1v) is 7.47. The third kappa shape index (κ3) is 2.77. The molecule has 1 saturated heterocycles. The number of hydrogen-bond donors (Lipinski definition) is 1. The van der Waals surface area contributed by atoms with Crippen LogP contribution in [0, 0.1) is 0 Å². The molecule has 0 spiro atoms. The molecule has 22 heavy (non-hydrogen) atoms. The van der Waals surface area contributed by atoms with E-state index >= 15 is 0 Å². The monoisotopic (exact) mass is 301 g/mol. The van der Waals surface area contributed by atoms with Crippen molar-refractivity contribution in [1.29, 1.82) is 0 Å². The van der Waals surface area contributed by atoms with Gasteiger partial charge in [0.15, 0.2) is 0 Å². The van der Waals surface area contributed by atoms with Gasteiger partial charge in [0.2, 0.25) is 0 Å². The summed E-state index contributed by atoms with van der Waals surface area (Å²) in [5, 5.41) is 1.62. The number of rotatable bonds is 2. The first kappa shape index (κ1) is 14.4. The molecule has 0 saturated carbocycles. The van der Waals surface area contributed by atoms with Gasteiger partial charge in [0.05, 0.1) is 6.61 Å². The van der Waals surface area contributed by atoms with Crippen LogP contribution in [0.1, 0.15) is 6.92 Å². The van der Waals surface area contributed by atoms with Gasteiger partial charge >= 0.3 is 6.09 Å². The Morgan fingerprint density at radius 3 is 2.68 bits per heavy atom. The number of carbonyl (C=O) groups is 1. The Hall–Kier alpha value is -2.50. The second-order valence-corrected chi connectivity index (χ2v) is 5.24. The van der Waals surface area contributed by atoms with E-state index in [1.165, 1.54) is 0 Å². The average molecular weight is 301 g/mol. The summed E-state index contributed by atoms with van der Waals surface area (Å²) in [5.74, 6) is 0.798. The predicted molar refractivity (Wildman–Crippen MR) is 85.4 cm³/mol. The Kier molecular flexibility index (Phi) is 4.00. The summed E-state index contributed by atoms with van der Waals surface area (Å²) in [6.45, 7) is 4.71. The zero-order valence-corrected chi connectivity index (χ0v) is 12.5. The fourth-order valence-electron chi connectivity index (χ4n) is 2.71. The number of aromatic amines is 1. The van der Waals surface area contributed by atoms with Gasteiger partial charge < -0.3 is 19.5 Å². The van der Waals surface area contributed by atoms with Crippen molar-refractivity contribution >= 4 is 22.7 Å². The molecule has 1 aromatic heterocycles. The highest BCUT2D eigenvalue weighted by Gasteiger charge is 2.22. The zero-order valence-electron chi connectivity index (χ0n) is 12.5. The Labute approximate surface area is 128 Å². The van der Waals surface area contributed by atoms with Crippen molar-refractivity contribution in [2.24, 2.45) is 0 Å². The molecule has 0 atom stereocenters. The van der Waals surface area contributed by atoms with Crippen LogP contribution in [-0.2, 0) is 4.74 Å². The van der Waals surface area contributed by atoms with Crippen LogP contribution in [0.15, 0.2) is 35.1 Å². The smallest absolute Gasteiger partial charge is 0.409 e. The van der Waals surface area contributed by atoms with Gasteiger partial charge in [-0.2, -0.15) is 0 Å². The molecule has 1 aliphatic heterocycles. The van der Waals surface area contributed by atoms with Gasteiger partial charge in [-0.3, -0.25) is 4.79 Å². The Morgan fingerprint density at radius 2 is 1.95 bits per heavy atom. The standard InChI is InChI=1S/C16H19N3O3/c1-2-22-16(21)19-9-7-18(8-10-19)14-11-12-5-3-4-6-13(12)15(20)17-14/h3-6,11H,2,7-10H2,1H3,(H,17,20). The summed E-state index contributed by atoms with van der Waals surface area (Å²) in [4.78, 5) is 30.5. The number of hydrogen-bond acceptors (Lipinski definition) is 4.